The highest BCUT2D eigenvalue weighted by Crippen LogP contribution is 2.42. The maximum absolute atomic E-state index is 11.7. The minimum absolute atomic E-state index is 0.127. The quantitative estimate of drug-likeness (QED) is 0.766. The summed E-state index contributed by atoms with van der Waals surface area (Å²) in [6.45, 7) is 5.56. The lowest BCUT2D eigenvalue weighted by molar-refractivity contribution is -0.114. The lowest BCUT2D eigenvalue weighted by Gasteiger charge is -2.46. The van der Waals surface area contributed by atoms with Crippen molar-refractivity contribution >= 4 is 29.2 Å². The van der Waals surface area contributed by atoms with Gasteiger partial charge in [-0.25, -0.2) is 4.99 Å². The predicted octanol–water partition coefficient (Wildman–Crippen LogP) is 2.37. The second-order valence-electron chi connectivity index (χ2n) is 6.95. The summed E-state index contributed by atoms with van der Waals surface area (Å²) in [5.74, 6) is 0.419. The molecule has 1 saturated carbocycles. The first-order chi connectivity index (χ1) is 11.8. The van der Waals surface area contributed by atoms with Crippen LogP contribution in [0.1, 0.15) is 50.2 Å². The molecule has 7 heteroatoms. The van der Waals surface area contributed by atoms with Gasteiger partial charge in [0.25, 0.3) is 0 Å². The second-order valence-corrected chi connectivity index (χ2v) is 6.95. The van der Waals surface area contributed by atoms with Crippen molar-refractivity contribution in [2.45, 2.75) is 58.5 Å². The standard InChI is InChI=1S/C18H26N6O/c1-11-9-14(21-13(3)25)15(10-12(11)2)24-17(20)22-16(19)23-18(24)7-5-4-6-8-18/h9-10H,4-8H2,1-3H3,(H,21,25)(H4,19,20,22,23). The van der Waals surface area contributed by atoms with Gasteiger partial charge in [0.05, 0.1) is 11.4 Å². The van der Waals surface area contributed by atoms with Gasteiger partial charge in [0.15, 0.2) is 0 Å². The van der Waals surface area contributed by atoms with Gasteiger partial charge in [-0.1, -0.05) is 6.42 Å². The zero-order valence-electron chi connectivity index (χ0n) is 15.1. The predicted molar refractivity (Wildman–Crippen MR) is 102 cm³/mol. The Morgan fingerprint density at radius 3 is 2.44 bits per heavy atom. The Kier molecular flexibility index (Phi) is 4.41. The van der Waals surface area contributed by atoms with Crippen LogP contribution >= 0.6 is 0 Å². The summed E-state index contributed by atoms with van der Waals surface area (Å²) < 4.78 is 0. The van der Waals surface area contributed by atoms with Gasteiger partial charge in [0.1, 0.15) is 5.66 Å². The average Bonchev–Trinajstić information content (AvgIpc) is 2.51. The zero-order valence-corrected chi connectivity index (χ0v) is 15.1. The van der Waals surface area contributed by atoms with Crippen LogP contribution in [-0.4, -0.2) is 23.5 Å². The van der Waals surface area contributed by atoms with E-state index in [0.29, 0.717) is 5.96 Å². The molecule has 3 rings (SSSR count). The number of carbonyl (C=O) groups excluding carboxylic acids is 1. The first-order valence-corrected chi connectivity index (χ1v) is 8.71. The Balaban J connectivity index is 2.17. The van der Waals surface area contributed by atoms with Gasteiger partial charge in [0.2, 0.25) is 17.8 Å². The lowest BCUT2D eigenvalue weighted by Crippen LogP contribution is -2.58. The highest BCUT2D eigenvalue weighted by Gasteiger charge is 2.43. The van der Waals surface area contributed by atoms with Crippen LogP contribution in [0, 0.1) is 13.8 Å². The number of carbonyl (C=O) groups is 1. The second kappa shape index (κ2) is 6.38. The number of nitrogens with one attached hydrogen (secondary N) is 1. The van der Waals surface area contributed by atoms with E-state index >= 15 is 0 Å². The molecule has 7 nitrogen and oxygen atoms in total. The number of aliphatic imine (C=N–C) groups is 2. The molecule has 1 aromatic carbocycles. The van der Waals surface area contributed by atoms with E-state index in [2.05, 4.69) is 10.3 Å². The SMILES string of the molecule is CC(=O)Nc1cc(C)c(C)cc1N1C(N)=NC(N)=NC12CCCCC2. The average molecular weight is 342 g/mol. The molecule has 2 aliphatic rings. The topological polar surface area (TPSA) is 109 Å². The smallest absolute Gasteiger partial charge is 0.221 e. The molecule has 0 saturated heterocycles. The summed E-state index contributed by atoms with van der Waals surface area (Å²) in [4.78, 5) is 22.6. The third kappa shape index (κ3) is 3.18. The summed E-state index contributed by atoms with van der Waals surface area (Å²) in [5.41, 5.74) is 15.5. The molecule has 0 radical (unpaired) electrons. The number of rotatable bonds is 2. The number of nitrogens with two attached hydrogens (primary N) is 2. The molecule has 0 aromatic heterocycles. The van der Waals surface area contributed by atoms with Gasteiger partial charge in [0, 0.05) is 6.92 Å². The number of guanidine groups is 2. The summed E-state index contributed by atoms with van der Waals surface area (Å²) in [5, 5.41) is 2.92. The van der Waals surface area contributed by atoms with E-state index in [1.807, 2.05) is 30.9 Å². The molecule has 1 heterocycles. The van der Waals surface area contributed by atoms with Crippen molar-refractivity contribution < 1.29 is 4.79 Å². The largest absolute Gasteiger partial charge is 0.369 e. The number of aryl methyl sites for hydroxylation is 2. The molecule has 0 bridgehead atoms. The third-order valence-corrected chi connectivity index (χ3v) is 5.02. The molecule has 1 aromatic rings. The van der Waals surface area contributed by atoms with Crippen LogP contribution < -0.4 is 21.7 Å². The fourth-order valence-electron chi connectivity index (χ4n) is 3.75. The van der Waals surface area contributed by atoms with Gasteiger partial charge in [-0.2, -0.15) is 4.99 Å². The van der Waals surface area contributed by atoms with Crippen LogP contribution in [0.2, 0.25) is 0 Å². The number of hydrogen-bond donors (Lipinski definition) is 3. The number of amides is 1. The van der Waals surface area contributed by atoms with E-state index in [-0.39, 0.29) is 11.9 Å². The Labute approximate surface area is 148 Å². The Bertz CT molecular complexity index is 761. The van der Waals surface area contributed by atoms with Gasteiger partial charge in [-0.15, -0.1) is 0 Å². The van der Waals surface area contributed by atoms with Crippen molar-refractivity contribution in [3.05, 3.63) is 23.3 Å². The van der Waals surface area contributed by atoms with Crippen molar-refractivity contribution in [2.75, 3.05) is 10.2 Å². The van der Waals surface area contributed by atoms with E-state index in [0.717, 1.165) is 48.2 Å². The Morgan fingerprint density at radius 1 is 1.16 bits per heavy atom. The van der Waals surface area contributed by atoms with Gasteiger partial charge in [-0.05, 0) is 62.8 Å². The van der Waals surface area contributed by atoms with Crippen LogP contribution in [0.15, 0.2) is 22.1 Å². The minimum atomic E-state index is -0.525. The summed E-state index contributed by atoms with van der Waals surface area (Å²) in [7, 11) is 0. The van der Waals surface area contributed by atoms with Crippen LogP contribution in [0.5, 0.6) is 0 Å². The normalized spacial score (nSPS) is 19.4. The Hall–Kier alpha value is -2.57. The van der Waals surface area contributed by atoms with Crippen molar-refractivity contribution in [1.29, 1.82) is 0 Å². The van der Waals surface area contributed by atoms with Crippen LogP contribution in [0.4, 0.5) is 11.4 Å². The van der Waals surface area contributed by atoms with Gasteiger partial charge < -0.3 is 16.8 Å². The molecule has 134 valence electrons. The number of hydrogen-bond acceptors (Lipinski definition) is 6. The summed E-state index contributed by atoms with van der Waals surface area (Å²) in [6, 6.07) is 4.01. The van der Waals surface area contributed by atoms with E-state index in [9.17, 15) is 4.79 Å². The molecule has 0 unspecified atom stereocenters. The first kappa shape index (κ1) is 17.3. The first-order valence-electron chi connectivity index (χ1n) is 8.71. The number of nitrogens with zero attached hydrogens (tertiary/aromatic N) is 3. The molecule has 0 atom stereocenters. The highest BCUT2D eigenvalue weighted by molar-refractivity contribution is 6.08. The number of anilines is 2. The molecule has 1 spiro atoms. The molecule has 1 aliphatic heterocycles. The number of benzene rings is 1. The van der Waals surface area contributed by atoms with E-state index in [1.54, 1.807) is 0 Å². The molecule has 1 fully saturated rings. The summed E-state index contributed by atoms with van der Waals surface area (Å²) >= 11 is 0. The van der Waals surface area contributed by atoms with E-state index in [4.69, 9.17) is 16.5 Å². The molecule has 1 aliphatic carbocycles. The van der Waals surface area contributed by atoms with Crippen molar-refractivity contribution in [2.24, 2.45) is 21.5 Å². The monoisotopic (exact) mass is 342 g/mol. The highest BCUT2D eigenvalue weighted by atomic mass is 16.1. The fourth-order valence-corrected chi connectivity index (χ4v) is 3.75. The zero-order chi connectivity index (χ0) is 18.2. The molecule has 1 amide bonds. The van der Waals surface area contributed by atoms with E-state index < -0.39 is 5.66 Å². The maximum atomic E-state index is 11.7. The molecule has 5 N–H and O–H groups in total. The van der Waals surface area contributed by atoms with Crippen molar-refractivity contribution in [3.8, 4) is 0 Å². The molecule has 25 heavy (non-hydrogen) atoms. The van der Waals surface area contributed by atoms with E-state index in [1.165, 1.54) is 13.3 Å². The van der Waals surface area contributed by atoms with Gasteiger partial charge in [-0.3, -0.25) is 9.69 Å². The Morgan fingerprint density at radius 2 is 1.80 bits per heavy atom. The minimum Gasteiger partial charge on any atom is -0.369 e. The van der Waals surface area contributed by atoms with Crippen LogP contribution in [0.3, 0.4) is 0 Å². The fraction of sp³-hybridized carbons (Fsp3) is 0.500. The van der Waals surface area contributed by atoms with Crippen molar-refractivity contribution in [1.82, 2.24) is 0 Å². The summed E-state index contributed by atoms with van der Waals surface area (Å²) in [6.07, 6.45) is 5.00. The van der Waals surface area contributed by atoms with Crippen LogP contribution in [0.25, 0.3) is 0 Å². The van der Waals surface area contributed by atoms with Gasteiger partial charge >= 0.3 is 0 Å². The third-order valence-electron chi connectivity index (χ3n) is 5.02. The maximum Gasteiger partial charge on any atom is 0.221 e. The van der Waals surface area contributed by atoms with Crippen molar-refractivity contribution in [3.63, 3.8) is 0 Å². The molecular weight excluding hydrogens is 316 g/mol. The lowest BCUT2D eigenvalue weighted by atomic mass is 9.87. The van der Waals surface area contributed by atoms with Crippen LogP contribution in [-0.2, 0) is 4.79 Å². The molecular formula is C18H26N6O.